The monoisotopic (exact) mass is 321 g/mol. The number of aromatic nitrogens is 4. The molecule has 3 aromatic heterocycles. The van der Waals surface area contributed by atoms with Gasteiger partial charge in [-0.3, -0.25) is 0 Å². The summed E-state index contributed by atoms with van der Waals surface area (Å²) in [5.41, 5.74) is 1.97. The van der Waals surface area contributed by atoms with E-state index in [9.17, 15) is 0 Å². The number of rotatable bonds is 4. The summed E-state index contributed by atoms with van der Waals surface area (Å²) in [6.07, 6.45) is 1.54. The first-order valence-electron chi connectivity index (χ1n) is 7.31. The highest BCUT2D eigenvalue weighted by Gasteiger charge is 2.13. The Morgan fingerprint density at radius 2 is 2.00 bits per heavy atom. The fourth-order valence-electron chi connectivity index (χ4n) is 2.54. The highest BCUT2D eigenvalue weighted by atomic mass is 32.1. The van der Waals surface area contributed by atoms with Crippen LogP contribution in [0.1, 0.15) is 4.88 Å². The van der Waals surface area contributed by atoms with Crippen molar-refractivity contribution in [1.29, 1.82) is 0 Å². The van der Waals surface area contributed by atoms with Crippen molar-refractivity contribution in [2.75, 3.05) is 11.9 Å². The maximum atomic E-state index is 4.61. The van der Waals surface area contributed by atoms with Crippen molar-refractivity contribution in [3.8, 4) is 11.3 Å². The third kappa shape index (κ3) is 2.68. The van der Waals surface area contributed by atoms with E-state index >= 15 is 0 Å². The number of thiophene rings is 1. The molecule has 5 nitrogen and oxygen atoms in total. The molecule has 114 valence electrons. The average Bonchev–Trinajstić information content (AvgIpc) is 3.25. The zero-order valence-corrected chi connectivity index (χ0v) is 13.4. The lowest BCUT2D eigenvalue weighted by Gasteiger charge is -2.19. The molecule has 3 heterocycles. The lowest BCUT2D eigenvalue weighted by molar-refractivity contribution is 0.840. The van der Waals surface area contributed by atoms with E-state index < -0.39 is 0 Å². The minimum atomic E-state index is 0.611. The summed E-state index contributed by atoms with van der Waals surface area (Å²) in [4.78, 5) is 12.3. The number of hydrogen-bond donors (Lipinski definition) is 0. The molecular formula is C17H15N5S. The van der Waals surface area contributed by atoms with Crippen molar-refractivity contribution in [3.05, 3.63) is 65.1 Å². The van der Waals surface area contributed by atoms with Gasteiger partial charge in [-0.15, -0.1) is 11.3 Å². The molecular weight excluding hydrogens is 306 g/mol. The second kappa shape index (κ2) is 5.81. The van der Waals surface area contributed by atoms with E-state index in [0.29, 0.717) is 5.78 Å². The van der Waals surface area contributed by atoms with Gasteiger partial charge in [-0.2, -0.15) is 14.6 Å². The van der Waals surface area contributed by atoms with Crippen LogP contribution in [0.15, 0.2) is 60.2 Å². The van der Waals surface area contributed by atoms with Crippen LogP contribution in [0.3, 0.4) is 0 Å². The molecule has 0 radical (unpaired) electrons. The molecule has 0 atom stereocenters. The SMILES string of the molecule is CN(Cc1cccs1)c1cc(-c2ccccc2)nc2ncnn12. The Bertz CT molecular complexity index is 915. The van der Waals surface area contributed by atoms with Gasteiger partial charge in [0.1, 0.15) is 12.1 Å². The van der Waals surface area contributed by atoms with E-state index in [4.69, 9.17) is 0 Å². The number of benzene rings is 1. The third-order valence-electron chi connectivity index (χ3n) is 3.67. The van der Waals surface area contributed by atoms with Crippen molar-refractivity contribution in [2.24, 2.45) is 0 Å². The van der Waals surface area contributed by atoms with Gasteiger partial charge in [0.25, 0.3) is 5.78 Å². The molecule has 0 aliphatic rings. The zero-order chi connectivity index (χ0) is 15.6. The Morgan fingerprint density at radius 1 is 1.13 bits per heavy atom. The molecule has 1 aromatic carbocycles. The predicted octanol–water partition coefficient (Wildman–Crippen LogP) is 3.49. The van der Waals surface area contributed by atoms with Crippen LogP contribution in [-0.4, -0.2) is 26.6 Å². The molecule has 0 aliphatic heterocycles. The smallest absolute Gasteiger partial charge is 0.254 e. The van der Waals surface area contributed by atoms with E-state index in [2.05, 4.69) is 62.7 Å². The molecule has 4 aromatic rings. The van der Waals surface area contributed by atoms with E-state index in [1.165, 1.54) is 4.88 Å². The van der Waals surface area contributed by atoms with Crippen LogP contribution in [-0.2, 0) is 6.54 Å². The summed E-state index contributed by atoms with van der Waals surface area (Å²) >= 11 is 1.75. The van der Waals surface area contributed by atoms with E-state index in [-0.39, 0.29) is 0 Å². The Hall–Kier alpha value is -2.73. The van der Waals surface area contributed by atoms with Gasteiger partial charge in [0.15, 0.2) is 0 Å². The summed E-state index contributed by atoms with van der Waals surface area (Å²) < 4.78 is 1.78. The number of fused-ring (bicyclic) bond motifs is 1. The first-order valence-corrected chi connectivity index (χ1v) is 8.19. The Morgan fingerprint density at radius 3 is 2.78 bits per heavy atom. The molecule has 0 saturated heterocycles. The first kappa shape index (κ1) is 13.9. The van der Waals surface area contributed by atoms with Crippen molar-refractivity contribution >= 4 is 22.9 Å². The van der Waals surface area contributed by atoms with Gasteiger partial charge >= 0.3 is 0 Å². The van der Waals surface area contributed by atoms with Gasteiger partial charge in [0.2, 0.25) is 0 Å². The van der Waals surface area contributed by atoms with Gasteiger partial charge in [-0.05, 0) is 11.4 Å². The van der Waals surface area contributed by atoms with Crippen molar-refractivity contribution in [2.45, 2.75) is 6.54 Å². The molecule has 4 rings (SSSR count). The Kier molecular flexibility index (Phi) is 3.51. The van der Waals surface area contributed by atoms with Crippen molar-refractivity contribution in [1.82, 2.24) is 19.6 Å². The minimum absolute atomic E-state index is 0.611. The number of anilines is 1. The standard InChI is InChI=1S/C17H15N5S/c1-21(11-14-8-5-9-23-14)16-10-15(13-6-3-2-4-7-13)20-17-18-12-19-22(16)17/h2-10,12H,11H2,1H3. The molecule has 6 heteroatoms. The molecule has 0 aliphatic carbocycles. The third-order valence-corrected chi connectivity index (χ3v) is 4.53. The van der Waals surface area contributed by atoms with Crippen LogP contribution in [0.2, 0.25) is 0 Å². The Labute approximate surface area is 137 Å². The van der Waals surface area contributed by atoms with Gasteiger partial charge in [0.05, 0.1) is 12.2 Å². The second-order valence-electron chi connectivity index (χ2n) is 5.27. The van der Waals surface area contributed by atoms with E-state index in [1.54, 1.807) is 22.2 Å². The minimum Gasteiger partial charge on any atom is -0.354 e. The highest BCUT2D eigenvalue weighted by Crippen LogP contribution is 2.24. The summed E-state index contributed by atoms with van der Waals surface area (Å²) in [6, 6.07) is 16.4. The van der Waals surface area contributed by atoms with Crippen LogP contribution < -0.4 is 4.90 Å². The van der Waals surface area contributed by atoms with Crippen molar-refractivity contribution in [3.63, 3.8) is 0 Å². The fraction of sp³-hybridized carbons (Fsp3) is 0.118. The Balaban J connectivity index is 1.80. The van der Waals surface area contributed by atoms with Gasteiger partial charge in [0, 0.05) is 23.6 Å². The van der Waals surface area contributed by atoms with Crippen LogP contribution in [0, 0.1) is 0 Å². The predicted molar refractivity (Wildman–Crippen MR) is 92.6 cm³/mol. The highest BCUT2D eigenvalue weighted by molar-refractivity contribution is 7.09. The van der Waals surface area contributed by atoms with E-state index in [1.807, 2.05) is 18.2 Å². The summed E-state index contributed by atoms with van der Waals surface area (Å²) in [5, 5.41) is 6.40. The van der Waals surface area contributed by atoms with Gasteiger partial charge < -0.3 is 4.90 Å². The van der Waals surface area contributed by atoms with Crippen LogP contribution in [0.5, 0.6) is 0 Å². The summed E-state index contributed by atoms with van der Waals surface area (Å²) in [5.74, 6) is 1.58. The topological polar surface area (TPSA) is 46.3 Å². The molecule has 0 unspecified atom stereocenters. The fourth-order valence-corrected chi connectivity index (χ4v) is 3.30. The molecule has 0 spiro atoms. The molecule has 0 bridgehead atoms. The maximum absolute atomic E-state index is 4.61. The normalized spacial score (nSPS) is 11.0. The molecule has 0 N–H and O–H groups in total. The number of nitrogens with zero attached hydrogens (tertiary/aromatic N) is 5. The quantitative estimate of drug-likeness (QED) is 0.577. The number of hydrogen-bond acceptors (Lipinski definition) is 5. The van der Waals surface area contributed by atoms with Crippen LogP contribution in [0.25, 0.3) is 17.0 Å². The van der Waals surface area contributed by atoms with Gasteiger partial charge in [-0.25, -0.2) is 4.98 Å². The zero-order valence-electron chi connectivity index (χ0n) is 12.6. The summed E-state index contributed by atoms with van der Waals surface area (Å²) in [7, 11) is 2.06. The second-order valence-corrected chi connectivity index (χ2v) is 6.31. The molecule has 0 amide bonds. The first-order chi connectivity index (χ1) is 11.3. The molecule has 0 saturated carbocycles. The lowest BCUT2D eigenvalue weighted by Crippen LogP contribution is -2.19. The van der Waals surface area contributed by atoms with Crippen LogP contribution in [0.4, 0.5) is 5.82 Å². The summed E-state index contributed by atoms with van der Waals surface area (Å²) in [6.45, 7) is 0.824. The van der Waals surface area contributed by atoms with Gasteiger partial charge in [-0.1, -0.05) is 36.4 Å². The molecule has 0 fully saturated rings. The maximum Gasteiger partial charge on any atom is 0.254 e. The van der Waals surface area contributed by atoms with Crippen molar-refractivity contribution < 1.29 is 0 Å². The van der Waals surface area contributed by atoms with E-state index in [0.717, 1.165) is 23.6 Å². The molecule has 23 heavy (non-hydrogen) atoms. The average molecular weight is 321 g/mol. The van der Waals surface area contributed by atoms with Crippen LogP contribution >= 0.6 is 11.3 Å². The largest absolute Gasteiger partial charge is 0.354 e. The lowest BCUT2D eigenvalue weighted by atomic mass is 10.1.